The third kappa shape index (κ3) is 4.08. The van der Waals surface area contributed by atoms with Gasteiger partial charge in [-0.3, -0.25) is 4.79 Å². The molecule has 1 amide bonds. The number of ether oxygens (including phenoxy) is 1. The molecule has 0 spiro atoms. The Morgan fingerprint density at radius 2 is 2.41 bits per heavy atom. The second-order valence-corrected chi connectivity index (χ2v) is 4.11. The molecule has 3 nitrogen and oxygen atoms in total. The molecule has 0 radical (unpaired) electrons. The van der Waals surface area contributed by atoms with Crippen LogP contribution in [0.3, 0.4) is 0 Å². The SMILES string of the molecule is C#CCNC(=O)C(C)Oc1cc(F)ccc1Br. The predicted octanol–water partition coefficient (Wildman–Crippen LogP) is 2.10. The largest absolute Gasteiger partial charge is 0.480 e. The maximum Gasteiger partial charge on any atom is 0.261 e. The molecule has 0 fully saturated rings. The normalized spacial score (nSPS) is 11.4. The highest BCUT2D eigenvalue weighted by atomic mass is 79.9. The molecular formula is C12H11BrFNO2. The summed E-state index contributed by atoms with van der Waals surface area (Å²) in [6.45, 7) is 1.69. The summed E-state index contributed by atoms with van der Waals surface area (Å²) in [7, 11) is 0. The smallest absolute Gasteiger partial charge is 0.261 e. The topological polar surface area (TPSA) is 38.3 Å². The Kier molecular flexibility index (Phi) is 4.98. The summed E-state index contributed by atoms with van der Waals surface area (Å²) in [5.41, 5.74) is 0. The molecule has 90 valence electrons. The number of halogens is 2. The molecule has 1 atom stereocenters. The summed E-state index contributed by atoms with van der Waals surface area (Å²) < 4.78 is 18.9. The highest BCUT2D eigenvalue weighted by Crippen LogP contribution is 2.26. The van der Waals surface area contributed by atoms with Crippen LogP contribution in [0.2, 0.25) is 0 Å². The fraction of sp³-hybridized carbons (Fsp3) is 0.250. The molecule has 1 aromatic rings. The van der Waals surface area contributed by atoms with E-state index in [1.54, 1.807) is 6.92 Å². The van der Waals surface area contributed by atoms with Gasteiger partial charge < -0.3 is 10.1 Å². The lowest BCUT2D eigenvalue weighted by molar-refractivity contribution is -0.127. The van der Waals surface area contributed by atoms with E-state index in [1.807, 2.05) is 0 Å². The highest BCUT2D eigenvalue weighted by molar-refractivity contribution is 9.10. The van der Waals surface area contributed by atoms with Gasteiger partial charge in [0.05, 0.1) is 11.0 Å². The number of terminal acetylenes is 1. The lowest BCUT2D eigenvalue weighted by Gasteiger charge is -2.14. The number of amides is 1. The molecule has 1 unspecified atom stereocenters. The van der Waals surface area contributed by atoms with Crippen LogP contribution in [0.5, 0.6) is 5.75 Å². The average molecular weight is 300 g/mol. The second kappa shape index (κ2) is 6.26. The van der Waals surface area contributed by atoms with Gasteiger partial charge in [0, 0.05) is 6.07 Å². The monoisotopic (exact) mass is 299 g/mol. The summed E-state index contributed by atoms with van der Waals surface area (Å²) in [6, 6.07) is 4.01. The molecule has 0 aliphatic heterocycles. The van der Waals surface area contributed by atoms with E-state index in [0.717, 1.165) is 0 Å². The van der Waals surface area contributed by atoms with Gasteiger partial charge in [0.2, 0.25) is 0 Å². The number of benzene rings is 1. The Bertz CT molecular complexity index is 456. The number of hydrogen-bond acceptors (Lipinski definition) is 2. The lowest BCUT2D eigenvalue weighted by Crippen LogP contribution is -2.36. The lowest BCUT2D eigenvalue weighted by atomic mass is 10.3. The van der Waals surface area contributed by atoms with Crippen molar-refractivity contribution in [3.05, 3.63) is 28.5 Å². The number of nitrogens with one attached hydrogen (secondary N) is 1. The molecule has 0 aliphatic rings. The van der Waals surface area contributed by atoms with Crippen molar-refractivity contribution in [2.24, 2.45) is 0 Å². The Morgan fingerprint density at radius 1 is 1.71 bits per heavy atom. The van der Waals surface area contributed by atoms with E-state index >= 15 is 0 Å². The fourth-order valence-corrected chi connectivity index (χ4v) is 1.43. The summed E-state index contributed by atoms with van der Waals surface area (Å²) in [5.74, 6) is 1.77. The maximum absolute atomic E-state index is 13.0. The second-order valence-electron chi connectivity index (χ2n) is 3.26. The van der Waals surface area contributed by atoms with Crippen LogP contribution in [0.15, 0.2) is 22.7 Å². The quantitative estimate of drug-likeness (QED) is 0.865. The van der Waals surface area contributed by atoms with Gasteiger partial charge in [-0.15, -0.1) is 6.42 Å². The van der Waals surface area contributed by atoms with Crippen LogP contribution in [0.4, 0.5) is 4.39 Å². The number of hydrogen-bond donors (Lipinski definition) is 1. The van der Waals surface area contributed by atoms with Crippen molar-refractivity contribution in [3.8, 4) is 18.1 Å². The minimum absolute atomic E-state index is 0.136. The molecule has 17 heavy (non-hydrogen) atoms. The van der Waals surface area contributed by atoms with E-state index in [2.05, 4.69) is 27.2 Å². The van der Waals surface area contributed by atoms with E-state index in [-0.39, 0.29) is 18.2 Å². The van der Waals surface area contributed by atoms with Gasteiger partial charge >= 0.3 is 0 Å². The standard InChI is InChI=1S/C12H11BrFNO2/c1-3-6-15-12(16)8(2)17-11-7-9(14)4-5-10(11)13/h1,4-5,7-8H,6H2,2H3,(H,15,16). The number of carbonyl (C=O) groups excluding carboxylic acids is 1. The number of carbonyl (C=O) groups is 1. The molecule has 0 saturated carbocycles. The van der Waals surface area contributed by atoms with Gasteiger partial charge in [-0.05, 0) is 35.0 Å². The summed E-state index contributed by atoms with van der Waals surface area (Å²) in [5, 5.41) is 2.48. The Labute approximate surface area is 107 Å². The van der Waals surface area contributed by atoms with Gasteiger partial charge in [0.15, 0.2) is 6.10 Å². The van der Waals surface area contributed by atoms with Gasteiger partial charge in [-0.1, -0.05) is 5.92 Å². The Morgan fingerprint density at radius 3 is 3.06 bits per heavy atom. The van der Waals surface area contributed by atoms with E-state index in [4.69, 9.17) is 11.2 Å². The first kappa shape index (κ1) is 13.5. The van der Waals surface area contributed by atoms with Crippen LogP contribution in [0, 0.1) is 18.2 Å². The van der Waals surface area contributed by atoms with Gasteiger partial charge in [0.25, 0.3) is 5.91 Å². The molecule has 0 heterocycles. The Balaban J connectivity index is 2.67. The zero-order chi connectivity index (χ0) is 12.8. The van der Waals surface area contributed by atoms with Crippen molar-refractivity contribution < 1.29 is 13.9 Å². The molecule has 5 heteroatoms. The summed E-state index contributed by atoms with van der Waals surface area (Å²) >= 11 is 3.20. The van der Waals surface area contributed by atoms with Crippen molar-refractivity contribution >= 4 is 21.8 Å². The molecule has 1 N–H and O–H groups in total. The van der Waals surface area contributed by atoms with E-state index < -0.39 is 11.9 Å². The highest BCUT2D eigenvalue weighted by Gasteiger charge is 2.15. The van der Waals surface area contributed by atoms with Crippen molar-refractivity contribution in [2.75, 3.05) is 6.54 Å². The Hall–Kier alpha value is -1.54. The zero-order valence-corrected chi connectivity index (χ0v) is 10.8. The maximum atomic E-state index is 13.0. The first-order valence-corrected chi connectivity index (χ1v) is 5.66. The molecule has 0 saturated heterocycles. The van der Waals surface area contributed by atoms with Gasteiger partial charge in [-0.2, -0.15) is 0 Å². The molecule has 0 bridgehead atoms. The van der Waals surface area contributed by atoms with E-state index in [0.29, 0.717) is 4.47 Å². The predicted molar refractivity (Wildman–Crippen MR) is 66.0 cm³/mol. The van der Waals surface area contributed by atoms with Crippen molar-refractivity contribution in [1.82, 2.24) is 5.32 Å². The van der Waals surface area contributed by atoms with E-state index in [9.17, 15) is 9.18 Å². The minimum atomic E-state index is -0.749. The molecule has 1 aromatic carbocycles. The molecule has 0 aliphatic carbocycles. The first-order valence-electron chi connectivity index (χ1n) is 4.87. The van der Waals surface area contributed by atoms with E-state index in [1.165, 1.54) is 18.2 Å². The fourth-order valence-electron chi connectivity index (χ4n) is 1.09. The molecule has 0 aromatic heterocycles. The van der Waals surface area contributed by atoms with Crippen molar-refractivity contribution in [2.45, 2.75) is 13.0 Å². The average Bonchev–Trinajstić information content (AvgIpc) is 2.30. The van der Waals surface area contributed by atoms with Crippen LogP contribution < -0.4 is 10.1 Å². The minimum Gasteiger partial charge on any atom is -0.480 e. The van der Waals surface area contributed by atoms with Crippen LogP contribution in [-0.4, -0.2) is 18.6 Å². The summed E-state index contributed by atoms with van der Waals surface area (Å²) in [4.78, 5) is 11.5. The van der Waals surface area contributed by atoms with Crippen molar-refractivity contribution in [3.63, 3.8) is 0 Å². The van der Waals surface area contributed by atoms with Crippen LogP contribution >= 0.6 is 15.9 Å². The van der Waals surface area contributed by atoms with Gasteiger partial charge in [0.1, 0.15) is 11.6 Å². The third-order valence-electron chi connectivity index (χ3n) is 1.93. The first-order chi connectivity index (χ1) is 8.04. The van der Waals surface area contributed by atoms with Crippen molar-refractivity contribution in [1.29, 1.82) is 0 Å². The zero-order valence-electron chi connectivity index (χ0n) is 9.17. The van der Waals surface area contributed by atoms with Crippen LogP contribution in [0.1, 0.15) is 6.92 Å². The molecular weight excluding hydrogens is 289 g/mol. The van der Waals surface area contributed by atoms with Gasteiger partial charge in [-0.25, -0.2) is 4.39 Å². The van der Waals surface area contributed by atoms with Crippen LogP contribution in [0.25, 0.3) is 0 Å². The molecule has 1 rings (SSSR count). The number of rotatable bonds is 4. The third-order valence-corrected chi connectivity index (χ3v) is 2.59. The summed E-state index contributed by atoms with van der Waals surface area (Å²) in [6.07, 6.45) is 4.26. The van der Waals surface area contributed by atoms with Crippen LogP contribution in [-0.2, 0) is 4.79 Å².